The molecule has 0 atom stereocenters. The summed E-state index contributed by atoms with van der Waals surface area (Å²) in [5, 5.41) is 23.1. The molecule has 0 unspecified atom stereocenters. The van der Waals surface area contributed by atoms with Crippen LogP contribution in [-0.4, -0.2) is 39.7 Å². The van der Waals surface area contributed by atoms with Crippen molar-refractivity contribution < 1.29 is 0 Å². The molecule has 0 aliphatic heterocycles. The zero-order chi connectivity index (χ0) is 21.0. The van der Waals surface area contributed by atoms with Gasteiger partial charge in [-0.2, -0.15) is 10.5 Å². The van der Waals surface area contributed by atoms with E-state index in [9.17, 15) is 0 Å². The Kier molecular flexibility index (Phi) is 4.86. The van der Waals surface area contributed by atoms with E-state index in [0.717, 1.165) is 35.0 Å². The summed E-state index contributed by atoms with van der Waals surface area (Å²) in [5.74, 6) is 1.40. The number of hydrogen-bond acceptors (Lipinski definition) is 5. The van der Waals surface area contributed by atoms with Gasteiger partial charge in [0.15, 0.2) is 5.82 Å². The molecule has 4 aromatic heterocycles. The maximum absolute atomic E-state index is 8.83. The Labute approximate surface area is 178 Å². The van der Waals surface area contributed by atoms with Crippen LogP contribution in [0, 0.1) is 11.3 Å². The van der Waals surface area contributed by atoms with Crippen LogP contribution in [0.2, 0.25) is 0 Å². The third-order valence-corrected chi connectivity index (χ3v) is 5.10. The lowest BCUT2D eigenvalue weighted by molar-refractivity contribution is 0.721. The monoisotopic (exact) mass is 409 g/mol. The maximum atomic E-state index is 8.83. The lowest BCUT2D eigenvalue weighted by atomic mass is 10.1. The predicted octanol–water partition coefficient (Wildman–Crippen LogP) is 3.35. The molecule has 0 aliphatic carbocycles. The first-order valence-corrected chi connectivity index (χ1v) is 9.88. The van der Waals surface area contributed by atoms with Gasteiger partial charge in [0.1, 0.15) is 0 Å². The van der Waals surface area contributed by atoms with Crippen molar-refractivity contribution in [1.29, 1.82) is 5.26 Å². The van der Waals surface area contributed by atoms with E-state index in [0.29, 0.717) is 18.8 Å². The molecule has 5 rings (SSSR count). The lowest BCUT2D eigenvalue weighted by Gasteiger charge is -2.08. The summed E-state index contributed by atoms with van der Waals surface area (Å²) in [6.07, 6.45) is 6.88. The molecule has 0 radical (unpaired) electrons. The lowest BCUT2D eigenvalue weighted by Crippen LogP contribution is -1.99. The van der Waals surface area contributed by atoms with Crippen molar-refractivity contribution in [3.63, 3.8) is 0 Å². The minimum absolute atomic E-state index is 0.457. The molecule has 0 saturated carbocycles. The number of tetrazole rings is 1. The quantitative estimate of drug-likeness (QED) is 0.427. The van der Waals surface area contributed by atoms with E-state index in [1.807, 2.05) is 39.7 Å². The highest BCUT2D eigenvalue weighted by Gasteiger charge is 2.11. The predicted molar refractivity (Wildman–Crippen MR) is 114 cm³/mol. The fourth-order valence-corrected chi connectivity index (χ4v) is 3.63. The van der Waals surface area contributed by atoms with E-state index in [-0.39, 0.29) is 0 Å². The standard InChI is InChI=1S/C22H19N9/c23-10-2-12-30-14-11-24-22(30)19-9-6-17(25-19)15-16-4-7-18(8-5-16)31-13-1-3-20(31)21-26-28-29-27-21/h1,3-9,11,13-14,25H,2,12,15H2,(H,26,27,28,29). The van der Waals surface area contributed by atoms with Gasteiger partial charge >= 0.3 is 0 Å². The van der Waals surface area contributed by atoms with Crippen LogP contribution >= 0.6 is 0 Å². The number of benzene rings is 1. The minimum atomic E-state index is 0.457. The van der Waals surface area contributed by atoms with Crippen LogP contribution in [0.1, 0.15) is 17.7 Å². The first kappa shape index (κ1) is 18.6. The van der Waals surface area contributed by atoms with Gasteiger partial charge in [-0.15, -0.1) is 10.2 Å². The zero-order valence-corrected chi connectivity index (χ0v) is 16.6. The molecular formula is C22H19N9. The average molecular weight is 409 g/mol. The third-order valence-electron chi connectivity index (χ3n) is 5.10. The Balaban J connectivity index is 1.32. The number of aryl methyl sites for hydroxylation is 1. The molecule has 9 nitrogen and oxygen atoms in total. The van der Waals surface area contributed by atoms with Crippen molar-refractivity contribution in [2.24, 2.45) is 0 Å². The van der Waals surface area contributed by atoms with Gasteiger partial charge < -0.3 is 14.1 Å². The number of imidazole rings is 1. The van der Waals surface area contributed by atoms with Crippen molar-refractivity contribution in [3.05, 3.63) is 78.4 Å². The molecule has 0 fully saturated rings. The number of H-pyrrole nitrogens is 2. The Morgan fingerprint density at radius 3 is 2.74 bits per heavy atom. The molecule has 4 heterocycles. The molecule has 0 amide bonds. The summed E-state index contributed by atoms with van der Waals surface area (Å²) < 4.78 is 4.02. The highest BCUT2D eigenvalue weighted by molar-refractivity contribution is 5.55. The number of hydrogen-bond donors (Lipinski definition) is 2. The van der Waals surface area contributed by atoms with E-state index < -0.39 is 0 Å². The first-order valence-electron chi connectivity index (χ1n) is 9.88. The smallest absolute Gasteiger partial charge is 0.221 e. The van der Waals surface area contributed by atoms with Gasteiger partial charge in [0.2, 0.25) is 5.82 Å². The molecule has 9 heteroatoms. The number of nitrogens with zero attached hydrogens (tertiary/aromatic N) is 7. The summed E-state index contributed by atoms with van der Waals surface area (Å²) in [4.78, 5) is 7.88. The molecule has 31 heavy (non-hydrogen) atoms. The average Bonchev–Trinajstić information content (AvgIpc) is 3.59. The van der Waals surface area contributed by atoms with Crippen LogP contribution in [0.3, 0.4) is 0 Å². The number of nitriles is 1. The molecule has 0 bridgehead atoms. The SMILES string of the molecule is N#CCCn1ccnc1-c1ccc(Cc2ccc(-n3cccc3-c3nn[nH]n3)cc2)[nH]1. The summed E-state index contributed by atoms with van der Waals surface area (Å²) in [6, 6.07) is 18.6. The van der Waals surface area contributed by atoms with Gasteiger partial charge in [-0.25, -0.2) is 4.98 Å². The van der Waals surface area contributed by atoms with Crippen LogP contribution < -0.4 is 0 Å². The highest BCUT2D eigenvalue weighted by atomic mass is 15.5. The van der Waals surface area contributed by atoms with Gasteiger partial charge in [-0.05, 0) is 47.2 Å². The van der Waals surface area contributed by atoms with Crippen LogP contribution in [0.4, 0.5) is 0 Å². The molecule has 0 saturated heterocycles. The van der Waals surface area contributed by atoms with E-state index >= 15 is 0 Å². The molecule has 1 aromatic carbocycles. The van der Waals surface area contributed by atoms with Gasteiger partial charge in [0.05, 0.1) is 23.9 Å². The van der Waals surface area contributed by atoms with Gasteiger partial charge in [0.25, 0.3) is 0 Å². The minimum Gasteiger partial charge on any atom is -0.356 e. The topological polar surface area (TPSA) is 117 Å². The number of aromatic amines is 2. The number of rotatable bonds is 7. The first-order chi connectivity index (χ1) is 15.3. The summed E-state index contributed by atoms with van der Waals surface area (Å²) in [7, 11) is 0. The molecule has 152 valence electrons. The van der Waals surface area contributed by atoms with Crippen molar-refractivity contribution in [2.45, 2.75) is 19.4 Å². The molecule has 5 aromatic rings. The van der Waals surface area contributed by atoms with E-state index in [4.69, 9.17) is 5.26 Å². The highest BCUT2D eigenvalue weighted by Crippen LogP contribution is 2.22. The molecule has 0 spiro atoms. The molecular weight excluding hydrogens is 390 g/mol. The van der Waals surface area contributed by atoms with Crippen LogP contribution in [0.25, 0.3) is 28.7 Å². The van der Waals surface area contributed by atoms with Crippen molar-refractivity contribution >= 4 is 0 Å². The van der Waals surface area contributed by atoms with Crippen LogP contribution in [-0.2, 0) is 13.0 Å². The third kappa shape index (κ3) is 3.74. The summed E-state index contributed by atoms with van der Waals surface area (Å²) in [6.45, 7) is 0.632. The van der Waals surface area contributed by atoms with E-state index in [1.165, 1.54) is 5.56 Å². The fraction of sp³-hybridized carbons (Fsp3) is 0.136. The van der Waals surface area contributed by atoms with Crippen LogP contribution in [0.5, 0.6) is 0 Å². The fourth-order valence-electron chi connectivity index (χ4n) is 3.63. The largest absolute Gasteiger partial charge is 0.356 e. The van der Waals surface area contributed by atoms with Crippen molar-refractivity contribution in [3.8, 4) is 34.8 Å². The van der Waals surface area contributed by atoms with Crippen molar-refractivity contribution in [2.75, 3.05) is 0 Å². The number of nitrogens with one attached hydrogen (secondary N) is 2. The second-order valence-electron chi connectivity index (χ2n) is 7.09. The van der Waals surface area contributed by atoms with Crippen molar-refractivity contribution in [1.82, 2.24) is 39.7 Å². The second-order valence-corrected chi connectivity index (χ2v) is 7.09. The van der Waals surface area contributed by atoms with Gasteiger partial charge in [-0.1, -0.05) is 12.1 Å². The Morgan fingerprint density at radius 2 is 1.94 bits per heavy atom. The molecule has 2 N–H and O–H groups in total. The normalized spacial score (nSPS) is 10.9. The van der Waals surface area contributed by atoms with Gasteiger partial charge in [-0.3, -0.25) is 0 Å². The zero-order valence-electron chi connectivity index (χ0n) is 16.6. The maximum Gasteiger partial charge on any atom is 0.221 e. The Morgan fingerprint density at radius 1 is 1.03 bits per heavy atom. The van der Waals surface area contributed by atoms with E-state index in [2.05, 4.69) is 67.0 Å². The van der Waals surface area contributed by atoms with E-state index in [1.54, 1.807) is 6.20 Å². The van der Waals surface area contributed by atoms with Crippen LogP contribution in [0.15, 0.2) is 67.1 Å². The summed E-state index contributed by atoms with van der Waals surface area (Å²) in [5.41, 5.74) is 5.15. The Bertz CT molecular complexity index is 1310. The second kappa shape index (κ2) is 8.12. The summed E-state index contributed by atoms with van der Waals surface area (Å²) >= 11 is 0. The van der Waals surface area contributed by atoms with Gasteiger partial charge in [0, 0.05) is 42.9 Å². The number of aromatic nitrogens is 8. The molecule has 0 aliphatic rings. The Hall–Kier alpha value is -4.45.